The summed E-state index contributed by atoms with van der Waals surface area (Å²) in [6.07, 6.45) is 1.75. The average Bonchev–Trinajstić information content (AvgIpc) is 3.27. The average molecular weight is 444 g/mol. The van der Waals surface area contributed by atoms with Gasteiger partial charge in [-0.15, -0.1) is 0 Å². The molecule has 4 aromatic rings. The highest BCUT2D eigenvalue weighted by Crippen LogP contribution is 2.37. The highest BCUT2D eigenvalue weighted by atomic mass is 16.3. The quantitative estimate of drug-likeness (QED) is 0.396. The van der Waals surface area contributed by atoms with Gasteiger partial charge in [0, 0.05) is 16.7 Å². The van der Waals surface area contributed by atoms with E-state index in [1.165, 1.54) is 0 Å². The molecule has 0 aliphatic carbocycles. The highest BCUT2D eigenvalue weighted by molar-refractivity contribution is 5.83. The van der Waals surface area contributed by atoms with Crippen molar-refractivity contribution < 1.29 is 4.76 Å². The molecule has 0 spiro atoms. The van der Waals surface area contributed by atoms with Crippen molar-refractivity contribution >= 4 is 34.3 Å². The fourth-order valence-corrected chi connectivity index (χ4v) is 4.64. The minimum absolute atomic E-state index is 0.131. The molecular formula is C24H27N8O+. The van der Waals surface area contributed by atoms with Crippen molar-refractivity contribution in [2.75, 3.05) is 16.0 Å². The summed E-state index contributed by atoms with van der Waals surface area (Å²) in [5, 5.41) is 3.48. The first-order valence-electron chi connectivity index (χ1n) is 11.1. The van der Waals surface area contributed by atoms with Crippen molar-refractivity contribution in [1.29, 1.82) is 0 Å². The third-order valence-electron chi connectivity index (χ3n) is 6.36. The van der Waals surface area contributed by atoms with Gasteiger partial charge in [-0.3, -0.25) is 0 Å². The SMILES string of the molecule is CCC(Nc1nc(N)nc2nc[nH]c12)C1N(c2ccccc2C)Cc2c(C)cccc2[N+]1=O. The first kappa shape index (κ1) is 20.9. The van der Waals surface area contributed by atoms with Crippen molar-refractivity contribution in [3.63, 3.8) is 0 Å². The number of nitrogens with two attached hydrogens (primary N) is 1. The summed E-state index contributed by atoms with van der Waals surface area (Å²) >= 11 is 0. The number of imidazole rings is 1. The number of nitroso groups, excluding NO2 is 1. The number of nitrogen functional groups attached to an aromatic ring is 1. The molecule has 0 radical (unpaired) electrons. The number of para-hydroxylation sites is 1. The lowest BCUT2D eigenvalue weighted by Gasteiger charge is -2.36. The first-order valence-corrected chi connectivity index (χ1v) is 11.1. The van der Waals surface area contributed by atoms with Crippen LogP contribution in [0.3, 0.4) is 0 Å². The maximum absolute atomic E-state index is 13.9. The van der Waals surface area contributed by atoms with Crippen LogP contribution < -0.4 is 16.0 Å². The monoisotopic (exact) mass is 443 g/mol. The van der Waals surface area contributed by atoms with Crippen LogP contribution in [0.15, 0.2) is 48.8 Å². The van der Waals surface area contributed by atoms with E-state index in [1.54, 1.807) is 6.33 Å². The Labute approximate surface area is 191 Å². The second kappa shape index (κ2) is 8.16. The molecule has 33 heavy (non-hydrogen) atoms. The van der Waals surface area contributed by atoms with Gasteiger partial charge in [-0.2, -0.15) is 9.97 Å². The lowest BCUT2D eigenvalue weighted by atomic mass is 9.98. The molecule has 2 unspecified atom stereocenters. The number of nitrogens with one attached hydrogen (secondary N) is 2. The minimum atomic E-state index is -0.500. The molecule has 2 aromatic heterocycles. The summed E-state index contributed by atoms with van der Waals surface area (Å²) in [6.45, 7) is 6.82. The zero-order chi connectivity index (χ0) is 23.1. The standard InChI is InChI=1S/C24H27N8O/c1-4-17(28-22-20-21(27-13-26-20)29-24(25)30-22)23-31(18-10-6-5-8-15(18)3)12-16-14(2)9-7-11-19(16)32(23)33/h5-11,13,17,23H,4,12H2,1-3H3,(H4,25,26,27,28,29,30)/q+1. The Morgan fingerprint density at radius 2 is 1.97 bits per heavy atom. The predicted molar refractivity (Wildman–Crippen MR) is 129 cm³/mol. The summed E-state index contributed by atoms with van der Waals surface area (Å²) in [4.78, 5) is 31.9. The molecule has 0 saturated heterocycles. The molecule has 5 rings (SSSR count). The van der Waals surface area contributed by atoms with Gasteiger partial charge in [-0.25, -0.2) is 4.98 Å². The van der Waals surface area contributed by atoms with E-state index in [2.05, 4.69) is 69.1 Å². The Hall–Kier alpha value is -4.01. The number of fused-ring (bicyclic) bond motifs is 2. The molecule has 3 heterocycles. The molecule has 1 aliphatic rings. The third kappa shape index (κ3) is 3.55. The first-order chi connectivity index (χ1) is 16.0. The summed E-state index contributed by atoms with van der Waals surface area (Å²) in [7, 11) is 0. The lowest BCUT2D eigenvalue weighted by molar-refractivity contribution is -0.513. The molecule has 0 fully saturated rings. The number of aromatic nitrogens is 4. The zero-order valence-corrected chi connectivity index (χ0v) is 18.9. The Morgan fingerprint density at radius 3 is 2.76 bits per heavy atom. The van der Waals surface area contributed by atoms with E-state index < -0.39 is 6.17 Å². The van der Waals surface area contributed by atoms with E-state index >= 15 is 0 Å². The van der Waals surface area contributed by atoms with Crippen LogP contribution in [0.2, 0.25) is 0 Å². The number of hydrogen-bond acceptors (Lipinski definition) is 7. The smallest absolute Gasteiger partial charge is 0.303 e. The lowest BCUT2D eigenvalue weighted by Crippen LogP contribution is -2.54. The summed E-state index contributed by atoms with van der Waals surface area (Å²) in [5.74, 6) is 0.668. The topological polar surface area (TPSA) is 116 Å². The highest BCUT2D eigenvalue weighted by Gasteiger charge is 2.46. The molecule has 0 amide bonds. The second-order valence-corrected chi connectivity index (χ2v) is 8.42. The van der Waals surface area contributed by atoms with Crippen LogP contribution in [0, 0.1) is 18.8 Å². The van der Waals surface area contributed by atoms with E-state index in [-0.39, 0.29) is 12.0 Å². The summed E-state index contributed by atoms with van der Waals surface area (Å²) < 4.78 is 1.13. The number of nitrogens with zero attached hydrogens (tertiary/aromatic N) is 5. The number of hydrogen-bond donors (Lipinski definition) is 3. The van der Waals surface area contributed by atoms with Crippen molar-refractivity contribution in [3.8, 4) is 0 Å². The van der Waals surface area contributed by atoms with Gasteiger partial charge in [0.25, 0.3) is 5.69 Å². The number of rotatable bonds is 5. The molecule has 9 heteroatoms. The van der Waals surface area contributed by atoms with Crippen LogP contribution in [0.1, 0.15) is 30.0 Å². The fourth-order valence-electron chi connectivity index (χ4n) is 4.64. The van der Waals surface area contributed by atoms with E-state index in [1.807, 2.05) is 24.3 Å². The number of aryl methyl sites for hydroxylation is 2. The molecule has 0 bridgehead atoms. The third-order valence-corrected chi connectivity index (χ3v) is 6.36. The van der Waals surface area contributed by atoms with E-state index in [9.17, 15) is 4.91 Å². The van der Waals surface area contributed by atoms with Gasteiger partial charge < -0.3 is 20.9 Å². The minimum Gasteiger partial charge on any atom is -0.368 e. The molecule has 9 nitrogen and oxygen atoms in total. The number of benzene rings is 2. The van der Waals surface area contributed by atoms with Gasteiger partial charge in [0.2, 0.25) is 5.95 Å². The van der Waals surface area contributed by atoms with Gasteiger partial charge in [0.15, 0.2) is 11.5 Å². The second-order valence-electron chi connectivity index (χ2n) is 8.42. The van der Waals surface area contributed by atoms with Crippen LogP contribution in [0.4, 0.5) is 23.1 Å². The Morgan fingerprint density at radius 1 is 1.18 bits per heavy atom. The largest absolute Gasteiger partial charge is 0.368 e. The normalized spacial score (nSPS) is 16.6. The predicted octanol–water partition coefficient (Wildman–Crippen LogP) is 4.20. The van der Waals surface area contributed by atoms with Gasteiger partial charge in [-0.05, 0) is 37.5 Å². The zero-order valence-electron chi connectivity index (χ0n) is 18.9. The van der Waals surface area contributed by atoms with E-state index in [0.717, 1.165) is 27.1 Å². The van der Waals surface area contributed by atoms with Crippen molar-refractivity contribution in [1.82, 2.24) is 19.9 Å². The van der Waals surface area contributed by atoms with E-state index in [0.29, 0.717) is 35.6 Å². The van der Waals surface area contributed by atoms with Crippen molar-refractivity contribution in [2.24, 2.45) is 0 Å². The number of H-pyrrole nitrogens is 1. The van der Waals surface area contributed by atoms with Crippen LogP contribution in [-0.2, 0) is 6.54 Å². The molecule has 0 saturated carbocycles. The summed E-state index contributed by atoms with van der Waals surface area (Å²) in [5.41, 5.74) is 12.1. The molecule has 2 atom stereocenters. The van der Waals surface area contributed by atoms with Crippen LogP contribution in [0.25, 0.3) is 11.2 Å². The maximum atomic E-state index is 13.9. The molecule has 4 N–H and O–H groups in total. The molecule has 2 aromatic carbocycles. The van der Waals surface area contributed by atoms with Crippen molar-refractivity contribution in [3.05, 3.63) is 70.4 Å². The van der Waals surface area contributed by atoms with Crippen LogP contribution >= 0.6 is 0 Å². The van der Waals surface area contributed by atoms with Crippen LogP contribution in [0.5, 0.6) is 0 Å². The molecule has 1 aliphatic heterocycles. The van der Waals surface area contributed by atoms with Gasteiger partial charge >= 0.3 is 6.17 Å². The molecular weight excluding hydrogens is 416 g/mol. The number of anilines is 3. The maximum Gasteiger partial charge on any atom is 0.303 e. The Balaban J connectivity index is 1.62. The fraction of sp³-hybridized carbons (Fsp3) is 0.292. The van der Waals surface area contributed by atoms with Gasteiger partial charge in [0.1, 0.15) is 11.6 Å². The van der Waals surface area contributed by atoms with Gasteiger partial charge in [-0.1, -0.05) is 37.3 Å². The van der Waals surface area contributed by atoms with Crippen molar-refractivity contribution in [2.45, 2.75) is 45.9 Å². The Kier molecular flexibility index (Phi) is 5.16. The van der Waals surface area contributed by atoms with Gasteiger partial charge in [0.05, 0.1) is 23.2 Å². The van der Waals surface area contributed by atoms with E-state index in [4.69, 9.17) is 5.73 Å². The van der Waals surface area contributed by atoms with Crippen LogP contribution in [-0.4, -0.2) is 36.9 Å². The number of aromatic amines is 1. The Bertz CT molecular complexity index is 1350. The summed E-state index contributed by atoms with van der Waals surface area (Å²) in [6, 6.07) is 13.8. The molecule has 168 valence electrons.